The number of amides is 3. The Kier molecular flexibility index (Phi) is 8.17. The summed E-state index contributed by atoms with van der Waals surface area (Å²) in [4.78, 5) is 37.9. The van der Waals surface area contributed by atoms with E-state index in [1.54, 1.807) is 43.3 Å². The van der Waals surface area contributed by atoms with Crippen molar-refractivity contribution < 1.29 is 28.6 Å². The van der Waals surface area contributed by atoms with Gasteiger partial charge in [-0.1, -0.05) is 28.1 Å². The number of benzene rings is 2. The minimum atomic E-state index is -0.803. The molecule has 3 N–H and O–H groups in total. The Morgan fingerprint density at radius 2 is 1.74 bits per heavy atom. The predicted molar refractivity (Wildman–Crippen MR) is 130 cm³/mol. The van der Waals surface area contributed by atoms with E-state index < -0.39 is 23.9 Å². The molecule has 180 valence electrons. The molecule has 9 nitrogen and oxygen atoms in total. The van der Waals surface area contributed by atoms with E-state index in [1.807, 2.05) is 13.8 Å². The van der Waals surface area contributed by atoms with E-state index in [4.69, 9.17) is 14.2 Å². The summed E-state index contributed by atoms with van der Waals surface area (Å²) in [6.07, 6.45) is 0. The molecule has 0 saturated carbocycles. The molecule has 1 heterocycles. The highest BCUT2D eigenvalue weighted by atomic mass is 79.9. The summed E-state index contributed by atoms with van der Waals surface area (Å²) in [6.45, 7) is 6.21. The van der Waals surface area contributed by atoms with Gasteiger partial charge < -0.3 is 30.2 Å². The van der Waals surface area contributed by atoms with E-state index in [2.05, 4.69) is 31.9 Å². The molecular formula is C24H26BrN3O6. The number of hydrogen-bond acceptors (Lipinski definition) is 6. The third-order valence-corrected chi connectivity index (χ3v) is 5.75. The average molecular weight is 532 g/mol. The molecule has 0 aromatic heterocycles. The zero-order valence-electron chi connectivity index (χ0n) is 19.3. The molecule has 10 heteroatoms. The number of ether oxygens (including phenoxy) is 3. The van der Waals surface area contributed by atoms with Gasteiger partial charge in [0.15, 0.2) is 11.5 Å². The topological polar surface area (TPSA) is 115 Å². The quantitative estimate of drug-likeness (QED) is 0.437. The van der Waals surface area contributed by atoms with E-state index in [0.29, 0.717) is 40.4 Å². The van der Waals surface area contributed by atoms with Gasteiger partial charge in [0.25, 0.3) is 5.91 Å². The van der Waals surface area contributed by atoms with Crippen LogP contribution in [0.3, 0.4) is 0 Å². The Hall–Kier alpha value is -3.53. The molecule has 1 aliphatic rings. The van der Waals surface area contributed by atoms with Gasteiger partial charge in [-0.25, -0.2) is 9.59 Å². The zero-order valence-corrected chi connectivity index (χ0v) is 20.9. The number of urea groups is 1. The van der Waals surface area contributed by atoms with Crippen molar-refractivity contribution in [1.29, 1.82) is 0 Å². The van der Waals surface area contributed by atoms with E-state index in [0.717, 1.165) is 0 Å². The number of methoxy groups -OCH3 is 1. The van der Waals surface area contributed by atoms with Gasteiger partial charge in [0.05, 0.1) is 43.2 Å². The summed E-state index contributed by atoms with van der Waals surface area (Å²) in [5.41, 5.74) is 1.75. The lowest BCUT2D eigenvalue weighted by molar-refractivity contribution is -0.113. The van der Waals surface area contributed by atoms with Crippen molar-refractivity contribution in [2.24, 2.45) is 0 Å². The molecular weight excluding hydrogens is 506 g/mol. The van der Waals surface area contributed by atoms with Crippen LogP contribution in [0.25, 0.3) is 0 Å². The Balaban J connectivity index is 2.04. The van der Waals surface area contributed by atoms with Gasteiger partial charge in [-0.2, -0.15) is 0 Å². The smallest absolute Gasteiger partial charge is 0.339 e. The SMILES string of the molecule is CCOc1cc(Br)c([C@H]2NC(=O)NC(C)=C2C(=O)Nc2ccccc2C(=O)OC)cc1OCC. The summed E-state index contributed by atoms with van der Waals surface area (Å²) in [7, 11) is 1.27. The van der Waals surface area contributed by atoms with Crippen LogP contribution in [0.15, 0.2) is 52.1 Å². The number of anilines is 1. The van der Waals surface area contributed by atoms with Gasteiger partial charge in [0.2, 0.25) is 0 Å². The molecule has 0 bridgehead atoms. The molecule has 0 aliphatic carbocycles. The van der Waals surface area contributed by atoms with Gasteiger partial charge in [0.1, 0.15) is 0 Å². The molecule has 0 fully saturated rings. The number of hydrogen-bond donors (Lipinski definition) is 3. The first-order valence-corrected chi connectivity index (χ1v) is 11.5. The minimum Gasteiger partial charge on any atom is -0.490 e. The number of nitrogens with one attached hydrogen (secondary N) is 3. The van der Waals surface area contributed by atoms with Crippen LogP contribution < -0.4 is 25.4 Å². The standard InChI is InChI=1S/C24H26BrN3O6/c1-5-33-18-11-15(16(25)12-19(18)34-6-2)21-20(13(3)26-24(31)28-21)22(29)27-17-10-8-7-9-14(17)23(30)32-4/h7-12,21H,5-6H2,1-4H3,(H,27,29)(H2,26,28,31)/t21-/m1/s1. The number of carbonyl (C=O) groups excluding carboxylic acids is 3. The summed E-state index contributed by atoms with van der Waals surface area (Å²) in [5.74, 6) is -0.0448. The Morgan fingerprint density at radius 1 is 1.09 bits per heavy atom. The highest BCUT2D eigenvalue weighted by Gasteiger charge is 2.33. The van der Waals surface area contributed by atoms with Crippen molar-refractivity contribution in [3.63, 3.8) is 0 Å². The van der Waals surface area contributed by atoms with Crippen LogP contribution in [0.4, 0.5) is 10.5 Å². The number of rotatable bonds is 8. The fraction of sp³-hybridized carbons (Fsp3) is 0.292. The number of halogens is 1. The van der Waals surface area contributed by atoms with E-state index in [9.17, 15) is 14.4 Å². The summed E-state index contributed by atoms with van der Waals surface area (Å²) in [6, 6.07) is 8.74. The van der Waals surface area contributed by atoms with Gasteiger partial charge in [-0.15, -0.1) is 0 Å². The Labute approximate surface area is 206 Å². The van der Waals surface area contributed by atoms with Crippen LogP contribution in [0, 0.1) is 0 Å². The minimum absolute atomic E-state index is 0.210. The van der Waals surface area contributed by atoms with Crippen LogP contribution in [-0.4, -0.2) is 38.2 Å². The predicted octanol–water partition coefficient (Wildman–Crippen LogP) is 4.30. The van der Waals surface area contributed by atoms with Crippen LogP contribution >= 0.6 is 15.9 Å². The molecule has 2 aromatic carbocycles. The molecule has 1 atom stereocenters. The lowest BCUT2D eigenvalue weighted by Crippen LogP contribution is -2.46. The molecule has 0 saturated heterocycles. The molecule has 3 rings (SSSR count). The zero-order chi connectivity index (χ0) is 24.8. The van der Waals surface area contributed by atoms with E-state index in [-0.39, 0.29) is 16.8 Å². The van der Waals surface area contributed by atoms with Gasteiger partial charge in [-0.3, -0.25) is 4.79 Å². The molecule has 0 unspecified atom stereocenters. The van der Waals surface area contributed by atoms with Crippen molar-refractivity contribution in [1.82, 2.24) is 10.6 Å². The fourth-order valence-corrected chi connectivity index (χ4v) is 4.16. The molecule has 0 spiro atoms. The summed E-state index contributed by atoms with van der Waals surface area (Å²) < 4.78 is 16.8. The Morgan fingerprint density at radius 3 is 2.38 bits per heavy atom. The van der Waals surface area contributed by atoms with E-state index >= 15 is 0 Å². The molecule has 34 heavy (non-hydrogen) atoms. The van der Waals surface area contributed by atoms with Crippen LogP contribution in [0.5, 0.6) is 11.5 Å². The second-order valence-corrected chi connectivity index (χ2v) is 8.10. The number of allylic oxidation sites excluding steroid dienone is 1. The first kappa shape index (κ1) is 25.1. The first-order valence-electron chi connectivity index (χ1n) is 10.7. The first-order chi connectivity index (χ1) is 16.3. The van der Waals surface area contributed by atoms with Crippen molar-refractivity contribution in [3.05, 3.63) is 63.3 Å². The highest BCUT2D eigenvalue weighted by molar-refractivity contribution is 9.10. The van der Waals surface area contributed by atoms with Crippen molar-refractivity contribution >= 4 is 39.5 Å². The molecule has 0 radical (unpaired) electrons. The van der Waals surface area contributed by atoms with Crippen molar-refractivity contribution in [3.8, 4) is 11.5 Å². The maximum absolute atomic E-state index is 13.4. The Bertz CT molecular complexity index is 1150. The second-order valence-electron chi connectivity index (χ2n) is 7.25. The lowest BCUT2D eigenvalue weighted by atomic mass is 9.94. The number of para-hydroxylation sites is 1. The monoisotopic (exact) mass is 531 g/mol. The van der Waals surface area contributed by atoms with E-state index in [1.165, 1.54) is 7.11 Å². The number of carbonyl (C=O) groups is 3. The van der Waals surface area contributed by atoms with Gasteiger partial charge in [0, 0.05) is 10.2 Å². The van der Waals surface area contributed by atoms with Crippen molar-refractivity contribution in [2.45, 2.75) is 26.8 Å². The van der Waals surface area contributed by atoms with Crippen LogP contribution in [0.2, 0.25) is 0 Å². The normalized spacial score (nSPS) is 15.2. The third-order valence-electron chi connectivity index (χ3n) is 5.07. The maximum Gasteiger partial charge on any atom is 0.339 e. The molecule has 2 aromatic rings. The summed E-state index contributed by atoms with van der Waals surface area (Å²) in [5, 5.41) is 8.22. The van der Waals surface area contributed by atoms with Gasteiger partial charge >= 0.3 is 12.0 Å². The van der Waals surface area contributed by atoms with Crippen molar-refractivity contribution in [2.75, 3.05) is 25.6 Å². The lowest BCUT2D eigenvalue weighted by Gasteiger charge is -2.30. The number of esters is 1. The van der Waals surface area contributed by atoms with Crippen LogP contribution in [0.1, 0.15) is 42.7 Å². The second kappa shape index (κ2) is 11.1. The van der Waals surface area contributed by atoms with Gasteiger partial charge in [-0.05, 0) is 50.6 Å². The molecule has 1 aliphatic heterocycles. The average Bonchev–Trinajstić information content (AvgIpc) is 2.80. The summed E-state index contributed by atoms with van der Waals surface area (Å²) >= 11 is 3.54. The maximum atomic E-state index is 13.4. The van der Waals surface area contributed by atoms with Crippen LogP contribution in [-0.2, 0) is 9.53 Å². The largest absolute Gasteiger partial charge is 0.490 e. The third kappa shape index (κ3) is 5.33. The fourth-order valence-electron chi connectivity index (χ4n) is 3.61. The highest BCUT2D eigenvalue weighted by Crippen LogP contribution is 2.40. The molecule has 3 amide bonds.